The van der Waals surface area contributed by atoms with Gasteiger partial charge in [-0.25, -0.2) is 4.98 Å². The molecule has 0 amide bonds. The van der Waals surface area contributed by atoms with E-state index in [4.69, 9.17) is 3.07 Å². The first-order chi connectivity index (χ1) is 8.20. The number of aromatic amines is 1. The van der Waals surface area contributed by atoms with E-state index in [9.17, 15) is 6.87 Å². The van der Waals surface area contributed by atoms with Crippen molar-refractivity contribution in [3.63, 3.8) is 0 Å². The molecule has 17 heavy (non-hydrogen) atoms. The molecule has 0 saturated carbocycles. The van der Waals surface area contributed by atoms with Crippen LogP contribution >= 0.6 is 0 Å². The number of rotatable bonds is 7. The Balaban J connectivity index is 0.000000419. The lowest BCUT2D eigenvalue weighted by atomic mass is 10.1. The molecule has 1 aromatic heterocycles. The van der Waals surface area contributed by atoms with Gasteiger partial charge in [0.05, 0.1) is 6.33 Å². The van der Waals surface area contributed by atoms with Crippen molar-refractivity contribution in [1.82, 2.24) is 9.97 Å². The zero-order valence-electron chi connectivity index (χ0n) is 10.4. The second-order valence-electron chi connectivity index (χ2n) is 3.59. The second-order valence-corrected chi connectivity index (χ2v) is 5.18. The van der Waals surface area contributed by atoms with Crippen molar-refractivity contribution in [1.29, 1.82) is 0 Å². The van der Waals surface area contributed by atoms with Crippen LogP contribution in [-0.2, 0) is 3.07 Å². The summed E-state index contributed by atoms with van der Waals surface area (Å²) in [5, 5.41) is 0. The number of hydrogen-bond donors (Lipinski definition) is 1. The topological polar surface area (TPSA) is 84.0 Å². The van der Waals surface area contributed by atoms with E-state index in [2.05, 4.69) is 16.9 Å². The van der Waals surface area contributed by atoms with Gasteiger partial charge in [-0.3, -0.25) is 0 Å². The number of imidazole rings is 1. The molecule has 6 heteroatoms. The number of hydrogen-bond acceptors (Lipinski definition) is 4. The highest BCUT2D eigenvalue weighted by Crippen LogP contribution is 2.07. The van der Waals surface area contributed by atoms with E-state index in [1.54, 1.807) is 18.7 Å². The molecule has 1 rings (SSSR count). The van der Waals surface area contributed by atoms with Crippen molar-refractivity contribution in [2.75, 3.05) is 0 Å². The summed E-state index contributed by atoms with van der Waals surface area (Å²) in [4.78, 5) is 6.42. The van der Waals surface area contributed by atoms with Crippen LogP contribution in [0.2, 0.25) is 0 Å². The highest BCUT2D eigenvalue weighted by Gasteiger charge is 2.22. The molecule has 0 aromatic carbocycles. The zero-order chi connectivity index (χ0) is 12.9. The SMILES string of the molecule is CCCCC(CCC)O[I+2]([O-])[O-].c1c[nH]cn1. The van der Waals surface area contributed by atoms with Crippen molar-refractivity contribution in [3.05, 3.63) is 18.7 Å². The van der Waals surface area contributed by atoms with Gasteiger partial charge in [0.1, 0.15) is 0 Å². The number of aromatic nitrogens is 2. The normalized spacial score (nSPS) is 12.1. The van der Waals surface area contributed by atoms with Crippen LogP contribution in [0, 0.1) is 0 Å². The maximum Gasteiger partial charge on any atom is 0.506 e. The molecule has 5 nitrogen and oxygen atoms in total. The molecule has 0 saturated heterocycles. The van der Waals surface area contributed by atoms with Crippen LogP contribution in [-0.4, -0.2) is 16.1 Å². The highest BCUT2D eigenvalue weighted by atomic mass is 127. The predicted molar refractivity (Wildman–Crippen MR) is 57.9 cm³/mol. The third kappa shape index (κ3) is 12.1. The van der Waals surface area contributed by atoms with Gasteiger partial charge < -0.3 is 11.9 Å². The van der Waals surface area contributed by atoms with E-state index in [-0.39, 0.29) is 6.10 Å². The minimum absolute atomic E-state index is 0.0462. The fraction of sp³-hybridized carbons (Fsp3) is 0.727. The fourth-order valence-electron chi connectivity index (χ4n) is 1.31. The molecule has 0 aliphatic carbocycles. The van der Waals surface area contributed by atoms with Crippen LogP contribution in [0.25, 0.3) is 0 Å². The first kappa shape index (κ1) is 16.8. The van der Waals surface area contributed by atoms with Crippen molar-refractivity contribution in [2.24, 2.45) is 0 Å². The Hall–Kier alpha value is -0.180. The summed E-state index contributed by atoms with van der Waals surface area (Å²) in [5.74, 6) is 0. The smallest absolute Gasteiger partial charge is 0.396 e. The second kappa shape index (κ2) is 12.3. The first-order valence-electron chi connectivity index (χ1n) is 5.86. The van der Waals surface area contributed by atoms with Crippen LogP contribution < -0.4 is 27.9 Å². The lowest BCUT2D eigenvalue weighted by molar-refractivity contribution is -1.63. The summed E-state index contributed by atoms with van der Waals surface area (Å²) in [7, 11) is 0. The van der Waals surface area contributed by atoms with E-state index in [0.717, 1.165) is 32.1 Å². The van der Waals surface area contributed by atoms with Gasteiger partial charge in [-0.1, -0.05) is 33.1 Å². The Bertz CT molecular complexity index is 215. The molecule has 0 fully saturated rings. The molecule has 0 bridgehead atoms. The van der Waals surface area contributed by atoms with Gasteiger partial charge in [0.25, 0.3) is 0 Å². The highest BCUT2D eigenvalue weighted by molar-refractivity contribution is 4.64. The average Bonchev–Trinajstić information content (AvgIpc) is 2.84. The Kier molecular flexibility index (Phi) is 12.2. The van der Waals surface area contributed by atoms with Crippen molar-refractivity contribution >= 4 is 0 Å². The number of unbranched alkanes of at least 4 members (excludes halogenated alkanes) is 1. The third-order valence-electron chi connectivity index (χ3n) is 2.09. The van der Waals surface area contributed by atoms with Gasteiger partial charge in [-0.15, -0.1) is 0 Å². The predicted octanol–water partition coefficient (Wildman–Crippen LogP) is -2.14. The van der Waals surface area contributed by atoms with Crippen LogP contribution in [0.15, 0.2) is 18.7 Å². The molecule has 1 unspecified atom stereocenters. The fourth-order valence-corrected chi connectivity index (χ4v) is 2.40. The van der Waals surface area contributed by atoms with Gasteiger partial charge in [-0.2, -0.15) is 0 Å². The summed E-state index contributed by atoms with van der Waals surface area (Å²) in [6.45, 7) is 4.13. The third-order valence-corrected chi connectivity index (χ3v) is 3.23. The zero-order valence-corrected chi connectivity index (χ0v) is 12.6. The minimum atomic E-state index is -3.45. The summed E-state index contributed by atoms with van der Waals surface area (Å²) in [5.41, 5.74) is 0. The minimum Gasteiger partial charge on any atom is -0.396 e. The quantitative estimate of drug-likeness (QED) is 0.566. The van der Waals surface area contributed by atoms with E-state index < -0.39 is 21.1 Å². The average molecular weight is 356 g/mol. The molecule has 100 valence electrons. The van der Waals surface area contributed by atoms with Crippen molar-refractivity contribution in [2.45, 2.75) is 52.1 Å². The van der Waals surface area contributed by atoms with Gasteiger partial charge in [-0.05, 0) is 15.9 Å². The summed E-state index contributed by atoms with van der Waals surface area (Å²) < 4.78 is 25.5. The van der Waals surface area contributed by atoms with Crippen LogP contribution in [0.3, 0.4) is 0 Å². The van der Waals surface area contributed by atoms with E-state index in [1.807, 2.05) is 6.92 Å². The maximum absolute atomic E-state index is 10.4. The number of H-pyrrole nitrogens is 1. The lowest BCUT2D eigenvalue weighted by Crippen LogP contribution is -3.99. The molecular weight excluding hydrogens is 335 g/mol. The van der Waals surface area contributed by atoms with E-state index >= 15 is 0 Å². The molecule has 1 N–H and O–H groups in total. The van der Waals surface area contributed by atoms with Crippen LogP contribution in [0.4, 0.5) is 0 Å². The first-order valence-corrected chi connectivity index (χ1v) is 8.50. The molecule has 0 spiro atoms. The lowest BCUT2D eigenvalue weighted by Gasteiger charge is -2.07. The number of nitrogens with zero attached hydrogens (tertiary/aromatic N) is 1. The van der Waals surface area contributed by atoms with Gasteiger partial charge >= 0.3 is 21.1 Å². The van der Waals surface area contributed by atoms with Gasteiger partial charge in [0.2, 0.25) is 0 Å². The monoisotopic (exact) mass is 356 g/mol. The van der Waals surface area contributed by atoms with Crippen molar-refractivity contribution < 1.29 is 31.0 Å². The molecule has 1 aromatic rings. The maximum atomic E-state index is 10.4. The Morgan fingerprint density at radius 2 is 2.06 bits per heavy atom. The summed E-state index contributed by atoms with van der Waals surface area (Å²) >= 11 is -3.45. The van der Waals surface area contributed by atoms with Gasteiger partial charge in [0, 0.05) is 12.4 Å². The van der Waals surface area contributed by atoms with E-state index in [1.165, 1.54) is 0 Å². The summed E-state index contributed by atoms with van der Waals surface area (Å²) in [6.07, 6.45) is 9.90. The molecular formula is C11H21IN2O3. The molecule has 1 heterocycles. The number of halogens is 1. The van der Waals surface area contributed by atoms with Crippen molar-refractivity contribution in [3.8, 4) is 0 Å². The van der Waals surface area contributed by atoms with Crippen LogP contribution in [0.1, 0.15) is 46.0 Å². The standard InChI is InChI=1S/C8H17IO3.C3H4N2/c1-3-5-7-8(6-4-2)12-9(10)11;1-2-5-3-4-1/h8H,3-7H2,1-2H3;1-3H,(H,4,5). The Morgan fingerprint density at radius 1 is 1.29 bits per heavy atom. The Morgan fingerprint density at radius 3 is 2.41 bits per heavy atom. The molecule has 0 aliphatic rings. The van der Waals surface area contributed by atoms with E-state index in [0.29, 0.717) is 0 Å². The number of nitrogens with one attached hydrogen (secondary N) is 1. The Labute approximate surface area is 112 Å². The summed E-state index contributed by atoms with van der Waals surface area (Å²) in [6, 6.07) is 0. The van der Waals surface area contributed by atoms with Gasteiger partial charge in [0.15, 0.2) is 6.10 Å². The molecule has 1 atom stereocenters. The molecule has 0 radical (unpaired) electrons. The molecule has 0 aliphatic heterocycles. The largest absolute Gasteiger partial charge is 0.506 e. The van der Waals surface area contributed by atoms with Crippen LogP contribution in [0.5, 0.6) is 0 Å².